The maximum Gasteiger partial charge on any atom is 0.240 e. The van der Waals surface area contributed by atoms with Gasteiger partial charge in [-0.2, -0.15) is 0 Å². The van der Waals surface area contributed by atoms with Crippen molar-refractivity contribution in [3.05, 3.63) is 29.8 Å². The third-order valence-corrected chi connectivity index (χ3v) is 5.50. The molecular weight excluding hydrogens is 300 g/mol. The van der Waals surface area contributed by atoms with Crippen molar-refractivity contribution in [3.63, 3.8) is 0 Å². The number of nitrogens with zero attached hydrogens (tertiary/aromatic N) is 1. The third kappa shape index (κ3) is 4.30. The van der Waals surface area contributed by atoms with E-state index in [9.17, 15) is 13.2 Å². The summed E-state index contributed by atoms with van der Waals surface area (Å²) in [5.74, 6) is 0.169. The second kappa shape index (κ2) is 7.24. The van der Waals surface area contributed by atoms with Crippen molar-refractivity contribution in [2.75, 3.05) is 13.1 Å². The fourth-order valence-electron chi connectivity index (χ4n) is 2.62. The molecule has 1 N–H and O–H groups in total. The van der Waals surface area contributed by atoms with E-state index in [1.54, 1.807) is 24.3 Å². The Balaban J connectivity index is 1.92. The van der Waals surface area contributed by atoms with Crippen molar-refractivity contribution in [3.8, 4) is 0 Å². The predicted molar refractivity (Wildman–Crippen MR) is 86.0 cm³/mol. The standard InChI is InChI=1S/C16H24N2O3S/c1-3-4-16(19)18-11-9-14(10-12-18)17-22(20,21)15-7-5-13(2)6-8-15/h5-8,14,17H,3-4,9-12H2,1-2H3. The minimum Gasteiger partial charge on any atom is -0.343 e. The molecule has 0 aromatic heterocycles. The molecule has 1 aliphatic heterocycles. The molecule has 6 heteroatoms. The molecular formula is C16H24N2O3S. The summed E-state index contributed by atoms with van der Waals surface area (Å²) in [7, 11) is -3.48. The van der Waals surface area contributed by atoms with Crippen molar-refractivity contribution in [1.29, 1.82) is 0 Å². The SMILES string of the molecule is CCCC(=O)N1CCC(NS(=O)(=O)c2ccc(C)cc2)CC1. The number of amides is 1. The molecule has 1 heterocycles. The molecule has 0 spiro atoms. The maximum absolute atomic E-state index is 12.3. The first-order valence-corrected chi connectivity index (χ1v) is 9.27. The maximum atomic E-state index is 12.3. The molecule has 22 heavy (non-hydrogen) atoms. The van der Waals surface area contributed by atoms with Crippen molar-refractivity contribution in [2.45, 2.75) is 50.5 Å². The smallest absolute Gasteiger partial charge is 0.240 e. The van der Waals surface area contributed by atoms with E-state index in [0.717, 1.165) is 12.0 Å². The van der Waals surface area contributed by atoms with Crippen LogP contribution >= 0.6 is 0 Å². The van der Waals surface area contributed by atoms with E-state index in [0.29, 0.717) is 37.2 Å². The molecule has 2 rings (SSSR count). The Kier molecular flexibility index (Phi) is 5.58. The van der Waals surface area contributed by atoms with Gasteiger partial charge < -0.3 is 4.90 Å². The Morgan fingerprint density at radius 3 is 2.36 bits per heavy atom. The summed E-state index contributed by atoms with van der Waals surface area (Å²) in [6.45, 7) is 5.16. The lowest BCUT2D eigenvalue weighted by molar-refractivity contribution is -0.132. The van der Waals surface area contributed by atoms with Crippen LogP contribution in [0.1, 0.15) is 38.2 Å². The second-order valence-corrected chi connectivity index (χ2v) is 7.55. The zero-order valence-electron chi connectivity index (χ0n) is 13.2. The number of hydrogen-bond donors (Lipinski definition) is 1. The van der Waals surface area contributed by atoms with E-state index >= 15 is 0 Å². The topological polar surface area (TPSA) is 66.5 Å². The van der Waals surface area contributed by atoms with Crippen molar-refractivity contribution in [2.24, 2.45) is 0 Å². The Morgan fingerprint density at radius 1 is 1.23 bits per heavy atom. The summed E-state index contributed by atoms with van der Waals surface area (Å²) >= 11 is 0. The van der Waals surface area contributed by atoms with Gasteiger partial charge in [0.25, 0.3) is 0 Å². The summed E-state index contributed by atoms with van der Waals surface area (Å²) in [4.78, 5) is 14.0. The Morgan fingerprint density at radius 2 is 1.82 bits per heavy atom. The van der Waals surface area contributed by atoms with E-state index < -0.39 is 10.0 Å². The van der Waals surface area contributed by atoms with Crippen LogP contribution in [0.15, 0.2) is 29.2 Å². The molecule has 0 radical (unpaired) electrons. The lowest BCUT2D eigenvalue weighted by Gasteiger charge is -2.32. The number of sulfonamides is 1. The van der Waals surface area contributed by atoms with E-state index in [1.165, 1.54) is 0 Å². The number of hydrogen-bond acceptors (Lipinski definition) is 3. The first-order valence-electron chi connectivity index (χ1n) is 7.79. The molecule has 0 atom stereocenters. The Bertz CT molecular complexity index is 603. The normalized spacial score (nSPS) is 16.7. The van der Waals surface area contributed by atoms with Crippen molar-refractivity contribution >= 4 is 15.9 Å². The molecule has 1 fully saturated rings. The van der Waals surface area contributed by atoms with Gasteiger partial charge in [-0.05, 0) is 38.3 Å². The summed E-state index contributed by atoms with van der Waals surface area (Å²) in [6, 6.07) is 6.73. The summed E-state index contributed by atoms with van der Waals surface area (Å²) in [6.07, 6.45) is 2.75. The number of carbonyl (C=O) groups is 1. The largest absolute Gasteiger partial charge is 0.343 e. The number of nitrogens with one attached hydrogen (secondary N) is 1. The summed E-state index contributed by atoms with van der Waals surface area (Å²) < 4.78 is 27.4. The van der Waals surface area contributed by atoms with Crippen LogP contribution in [0.2, 0.25) is 0 Å². The average molecular weight is 324 g/mol. The van der Waals surface area contributed by atoms with Gasteiger partial charge >= 0.3 is 0 Å². The zero-order chi connectivity index (χ0) is 16.2. The van der Waals surface area contributed by atoms with Gasteiger partial charge in [0.2, 0.25) is 15.9 Å². The predicted octanol–water partition coefficient (Wildman–Crippen LogP) is 2.06. The van der Waals surface area contributed by atoms with Gasteiger partial charge in [0, 0.05) is 25.6 Å². The lowest BCUT2D eigenvalue weighted by atomic mass is 10.1. The molecule has 1 aliphatic rings. The van der Waals surface area contributed by atoms with E-state index in [-0.39, 0.29) is 11.9 Å². The van der Waals surface area contributed by atoms with Crippen LogP contribution in [0.25, 0.3) is 0 Å². The van der Waals surface area contributed by atoms with Crippen LogP contribution in [-0.2, 0) is 14.8 Å². The van der Waals surface area contributed by atoms with Gasteiger partial charge in [0.15, 0.2) is 0 Å². The number of benzene rings is 1. The van der Waals surface area contributed by atoms with E-state index in [4.69, 9.17) is 0 Å². The van der Waals surface area contributed by atoms with E-state index in [2.05, 4.69) is 4.72 Å². The van der Waals surface area contributed by atoms with Gasteiger partial charge in [-0.15, -0.1) is 0 Å². The molecule has 5 nitrogen and oxygen atoms in total. The first-order chi connectivity index (χ1) is 10.4. The third-order valence-electron chi connectivity index (χ3n) is 3.96. The molecule has 1 aromatic carbocycles. The first kappa shape index (κ1) is 17.0. The number of carbonyl (C=O) groups excluding carboxylic acids is 1. The minimum atomic E-state index is -3.48. The Hall–Kier alpha value is -1.40. The zero-order valence-corrected chi connectivity index (χ0v) is 14.0. The van der Waals surface area contributed by atoms with Crippen molar-refractivity contribution in [1.82, 2.24) is 9.62 Å². The van der Waals surface area contributed by atoms with Crippen LogP contribution in [-0.4, -0.2) is 38.4 Å². The van der Waals surface area contributed by atoms with Crippen LogP contribution < -0.4 is 4.72 Å². The van der Waals surface area contributed by atoms with Gasteiger partial charge in [0.1, 0.15) is 0 Å². The molecule has 122 valence electrons. The Labute approximate surface area is 132 Å². The van der Waals surface area contributed by atoms with Gasteiger partial charge in [0.05, 0.1) is 4.90 Å². The van der Waals surface area contributed by atoms with Crippen LogP contribution in [0.4, 0.5) is 0 Å². The van der Waals surface area contributed by atoms with Crippen LogP contribution in [0, 0.1) is 6.92 Å². The number of likely N-dealkylation sites (tertiary alicyclic amines) is 1. The summed E-state index contributed by atoms with van der Waals surface area (Å²) in [5.41, 5.74) is 1.03. The van der Waals surface area contributed by atoms with Crippen molar-refractivity contribution < 1.29 is 13.2 Å². The second-order valence-electron chi connectivity index (χ2n) is 5.84. The summed E-state index contributed by atoms with van der Waals surface area (Å²) in [5, 5.41) is 0. The highest BCUT2D eigenvalue weighted by Crippen LogP contribution is 2.16. The molecule has 1 aromatic rings. The molecule has 0 saturated carbocycles. The molecule has 1 saturated heterocycles. The van der Waals surface area contributed by atoms with Gasteiger partial charge in [-0.1, -0.05) is 24.6 Å². The fraction of sp³-hybridized carbons (Fsp3) is 0.562. The minimum absolute atomic E-state index is 0.100. The molecule has 0 bridgehead atoms. The molecule has 0 aliphatic carbocycles. The number of piperidine rings is 1. The molecule has 0 unspecified atom stereocenters. The lowest BCUT2D eigenvalue weighted by Crippen LogP contribution is -2.46. The number of aryl methyl sites for hydroxylation is 1. The quantitative estimate of drug-likeness (QED) is 0.901. The highest BCUT2D eigenvalue weighted by Gasteiger charge is 2.26. The van der Waals surface area contributed by atoms with E-state index in [1.807, 2.05) is 18.7 Å². The van der Waals surface area contributed by atoms with Gasteiger partial charge in [-0.3, -0.25) is 4.79 Å². The number of rotatable bonds is 5. The average Bonchev–Trinajstić information content (AvgIpc) is 2.48. The van der Waals surface area contributed by atoms with Gasteiger partial charge in [-0.25, -0.2) is 13.1 Å². The fourth-order valence-corrected chi connectivity index (χ4v) is 3.93. The highest BCUT2D eigenvalue weighted by atomic mass is 32.2. The van der Waals surface area contributed by atoms with Crippen LogP contribution in [0.5, 0.6) is 0 Å². The highest BCUT2D eigenvalue weighted by molar-refractivity contribution is 7.89. The molecule has 1 amide bonds. The monoisotopic (exact) mass is 324 g/mol. The van der Waals surface area contributed by atoms with Crippen LogP contribution in [0.3, 0.4) is 0 Å².